The molecule has 1 aliphatic heterocycles. The molecule has 1 saturated heterocycles. The van der Waals surface area contributed by atoms with Crippen LogP contribution in [0.5, 0.6) is 0 Å². The minimum atomic E-state index is -4.68. The predicted octanol–water partition coefficient (Wildman–Crippen LogP) is 5.81. The Hall–Kier alpha value is -4.01. The van der Waals surface area contributed by atoms with Crippen LogP contribution < -0.4 is 4.90 Å². The molecule has 0 aliphatic carbocycles. The van der Waals surface area contributed by atoms with Crippen LogP contribution in [0.4, 0.5) is 23.4 Å². The molecule has 0 bridgehead atoms. The number of alkyl halides is 3. The molecule has 1 amide bonds. The van der Waals surface area contributed by atoms with Gasteiger partial charge in [-0.1, -0.05) is 42.5 Å². The molecule has 0 saturated carbocycles. The third kappa shape index (κ3) is 4.73. The highest BCUT2D eigenvalue weighted by molar-refractivity contribution is 5.94. The van der Waals surface area contributed by atoms with Gasteiger partial charge in [0, 0.05) is 31.7 Å². The number of hydrogen-bond acceptors (Lipinski definition) is 4. The van der Waals surface area contributed by atoms with Crippen LogP contribution in [0.25, 0.3) is 22.3 Å². The zero-order valence-corrected chi connectivity index (χ0v) is 19.2. The van der Waals surface area contributed by atoms with E-state index in [2.05, 4.69) is 4.90 Å². The second kappa shape index (κ2) is 9.56. The summed E-state index contributed by atoms with van der Waals surface area (Å²) in [5.41, 5.74) is 1.66. The molecule has 0 spiro atoms. The van der Waals surface area contributed by atoms with Crippen molar-refractivity contribution in [2.75, 3.05) is 31.1 Å². The summed E-state index contributed by atoms with van der Waals surface area (Å²) >= 11 is 0. The molecule has 1 aromatic heterocycles. The van der Waals surface area contributed by atoms with E-state index in [1.54, 1.807) is 0 Å². The van der Waals surface area contributed by atoms with Gasteiger partial charge in [0.05, 0.1) is 22.2 Å². The third-order valence-electron chi connectivity index (χ3n) is 6.21. The first-order valence-electron chi connectivity index (χ1n) is 11.5. The zero-order valence-electron chi connectivity index (χ0n) is 19.2. The van der Waals surface area contributed by atoms with Crippen molar-refractivity contribution in [1.82, 2.24) is 14.9 Å². The molecule has 4 aromatic rings. The molecular weight excluding hydrogens is 472 g/mol. The van der Waals surface area contributed by atoms with E-state index < -0.39 is 23.5 Å². The topological polar surface area (TPSA) is 49.3 Å². The fraction of sp³-hybridized carbons (Fsp3) is 0.222. The summed E-state index contributed by atoms with van der Waals surface area (Å²) < 4.78 is 53.1. The maximum absolute atomic E-state index is 14.4. The highest BCUT2D eigenvalue weighted by Gasteiger charge is 2.32. The first kappa shape index (κ1) is 23.7. The molecule has 2 heterocycles. The number of rotatable bonds is 3. The van der Waals surface area contributed by atoms with Gasteiger partial charge in [-0.25, -0.2) is 14.4 Å². The Balaban J connectivity index is 1.42. The number of carbonyl (C=O) groups is 1. The Bertz CT molecular complexity index is 1410. The summed E-state index contributed by atoms with van der Waals surface area (Å²) in [4.78, 5) is 26.3. The molecule has 9 heteroatoms. The van der Waals surface area contributed by atoms with Gasteiger partial charge in [0.1, 0.15) is 11.5 Å². The number of aromatic nitrogens is 2. The first-order chi connectivity index (χ1) is 17.3. The van der Waals surface area contributed by atoms with Crippen LogP contribution in [0, 0.1) is 5.82 Å². The van der Waals surface area contributed by atoms with Crippen molar-refractivity contribution < 1.29 is 22.4 Å². The molecule has 1 aliphatic rings. The summed E-state index contributed by atoms with van der Waals surface area (Å²) in [6, 6.07) is 19.3. The van der Waals surface area contributed by atoms with E-state index in [1.807, 2.05) is 54.6 Å². The summed E-state index contributed by atoms with van der Waals surface area (Å²) in [5.74, 6) is -1.12. The molecule has 5 nitrogen and oxygen atoms in total. The normalized spacial score (nSPS) is 14.7. The van der Waals surface area contributed by atoms with E-state index in [-0.39, 0.29) is 12.1 Å². The van der Waals surface area contributed by atoms with Crippen molar-refractivity contribution >= 4 is 22.8 Å². The Morgan fingerprint density at radius 2 is 1.50 bits per heavy atom. The first-order valence-corrected chi connectivity index (χ1v) is 11.5. The molecule has 1 fully saturated rings. The Kier molecular flexibility index (Phi) is 6.30. The lowest BCUT2D eigenvalue weighted by Crippen LogP contribution is -2.36. The van der Waals surface area contributed by atoms with Crippen LogP contribution in [0.2, 0.25) is 0 Å². The minimum Gasteiger partial charge on any atom is -0.353 e. The van der Waals surface area contributed by atoms with Crippen LogP contribution >= 0.6 is 0 Å². The largest absolute Gasteiger partial charge is 0.416 e. The number of hydrogen-bond donors (Lipinski definition) is 0. The highest BCUT2D eigenvalue weighted by Crippen LogP contribution is 2.32. The molecule has 0 radical (unpaired) electrons. The van der Waals surface area contributed by atoms with E-state index in [0.29, 0.717) is 37.9 Å². The van der Waals surface area contributed by atoms with E-state index >= 15 is 0 Å². The van der Waals surface area contributed by atoms with Gasteiger partial charge in [0.2, 0.25) is 0 Å². The number of benzene rings is 3. The molecule has 0 atom stereocenters. The molecule has 0 N–H and O–H groups in total. The number of carbonyl (C=O) groups excluding carboxylic acids is 1. The van der Waals surface area contributed by atoms with Gasteiger partial charge in [0.25, 0.3) is 5.91 Å². The van der Waals surface area contributed by atoms with E-state index in [1.165, 1.54) is 4.90 Å². The fourth-order valence-electron chi connectivity index (χ4n) is 4.37. The van der Waals surface area contributed by atoms with E-state index in [9.17, 15) is 22.4 Å². The summed E-state index contributed by atoms with van der Waals surface area (Å²) in [6.45, 7) is 1.62. The number of para-hydroxylation sites is 2. The molecule has 184 valence electrons. The number of halogens is 4. The van der Waals surface area contributed by atoms with Crippen molar-refractivity contribution in [1.29, 1.82) is 0 Å². The number of fused-ring (bicyclic) bond motifs is 1. The highest BCUT2D eigenvalue weighted by atomic mass is 19.4. The Morgan fingerprint density at radius 1 is 0.806 bits per heavy atom. The van der Waals surface area contributed by atoms with Crippen molar-refractivity contribution in [3.8, 4) is 11.3 Å². The van der Waals surface area contributed by atoms with Gasteiger partial charge >= 0.3 is 6.18 Å². The zero-order chi connectivity index (χ0) is 25.3. The maximum Gasteiger partial charge on any atom is 0.416 e. The van der Waals surface area contributed by atoms with Gasteiger partial charge in [0.15, 0.2) is 5.82 Å². The van der Waals surface area contributed by atoms with E-state index in [0.717, 1.165) is 34.4 Å². The second-order valence-corrected chi connectivity index (χ2v) is 8.58. The maximum atomic E-state index is 14.4. The lowest BCUT2D eigenvalue weighted by Gasteiger charge is -2.25. The van der Waals surface area contributed by atoms with Gasteiger partial charge in [-0.15, -0.1) is 0 Å². The molecule has 3 aromatic carbocycles. The van der Waals surface area contributed by atoms with Gasteiger partial charge in [-0.3, -0.25) is 4.79 Å². The average molecular weight is 494 g/mol. The SMILES string of the molecule is O=C(c1ccc(C(F)(F)F)cc1F)N1CCCN(c2nc3ccccc3nc2-c2ccccc2)CC1. The lowest BCUT2D eigenvalue weighted by molar-refractivity contribution is -0.137. The van der Waals surface area contributed by atoms with E-state index in [4.69, 9.17) is 9.97 Å². The number of nitrogens with zero attached hydrogens (tertiary/aromatic N) is 4. The number of amides is 1. The summed E-state index contributed by atoms with van der Waals surface area (Å²) in [6.07, 6.45) is -4.10. The van der Waals surface area contributed by atoms with Crippen molar-refractivity contribution in [2.45, 2.75) is 12.6 Å². The molecule has 36 heavy (non-hydrogen) atoms. The minimum absolute atomic E-state index is 0.266. The number of anilines is 1. The van der Waals surface area contributed by atoms with Crippen molar-refractivity contribution in [2.24, 2.45) is 0 Å². The van der Waals surface area contributed by atoms with Gasteiger partial charge in [-0.05, 0) is 36.8 Å². The lowest BCUT2D eigenvalue weighted by atomic mass is 10.1. The van der Waals surface area contributed by atoms with Gasteiger partial charge < -0.3 is 9.80 Å². The van der Waals surface area contributed by atoms with Crippen molar-refractivity contribution in [3.05, 3.63) is 89.7 Å². The monoisotopic (exact) mass is 494 g/mol. The van der Waals surface area contributed by atoms with Crippen LogP contribution in [-0.2, 0) is 6.18 Å². The van der Waals surface area contributed by atoms with Gasteiger partial charge in [-0.2, -0.15) is 13.2 Å². The summed E-state index contributed by atoms with van der Waals surface area (Å²) in [5, 5.41) is 0. The molecular formula is C27H22F4N4O. The van der Waals surface area contributed by atoms with Crippen LogP contribution in [0.15, 0.2) is 72.8 Å². The van der Waals surface area contributed by atoms with Crippen LogP contribution in [-0.4, -0.2) is 47.0 Å². The molecule has 0 unspecified atom stereocenters. The Labute approximate surface area is 205 Å². The third-order valence-corrected chi connectivity index (χ3v) is 6.21. The Morgan fingerprint density at radius 3 is 2.19 bits per heavy atom. The standard InChI is InChI=1S/C27H22F4N4O/c28-21-17-19(27(29,30)31)11-12-20(21)26(36)35-14-6-13-34(15-16-35)25-24(18-7-2-1-3-8-18)32-22-9-4-5-10-23(22)33-25/h1-5,7-12,17H,6,13-16H2. The fourth-order valence-corrected chi connectivity index (χ4v) is 4.37. The quantitative estimate of drug-likeness (QED) is 0.338. The van der Waals surface area contributed by atoms with Crippen molar-refractivity contribution in [3.63, 3.8) is 0 Å². The smallest absolute Gasteiger partial charge is 0.353 e. The van der Waals surface area contributed by atoms with Crippen LogP contribution in [0.1, 0.15) is 22.3 Å². The second-order valence-electron chi connectivity index (χ2n) is 8.58. The summed E-state index contributed by atoms with van der Waals surface area (Å²) in [7, 11) is 0. The predicted molar refractivity (Wildman–Crippen MR) is 129 cm³/mol. The molecule has 5 rings (SSSR count). The van der Waals surface area contributed by atoms with Crippen LogP contribution in [0.3, 0.4) is 0 Å². The average Bonchev–Trinajstić information content (AvgIpc) is 3.14.